The molecule has 14 bridgehead atoms. The van der Waals surface area contributed by atoms with Gasteiger partial charge in [0.1, 0.15) is 17.3 Å². The summed E-state index contributed by atoms with van der Waals surface area (Å²) < 4.78 is 13.7. The number of aliphatic hydroxyl groups is 1. The summed E-state index contributed by atoms with van der Waals surface area (Å²) in [7, 11) is 2.06. The number of piperidine rings is 1. The molecule has 2 saturated carbocycles. The van der Waals surface area contributed by atoms with Gasteiger partial charge in [0.25, 0.3) is 0 Å². The number of cyclic esters (lactones) is 1. The van der Waals surface area contributed by atoms with Crippen LogP contribution < -0.4 is 26.6 Å². The highest BCUT2D eigenvalue weighted by Crippen LogP contribution is 2.77. The zero-order valence-corrected chi connectivity index (χ0v) is 48.6. The lowest BCUT2D eigenvalue weighted by atomic mass is 9.38. The van der Waals surface area contributed by atoms with Gasteiger partial charge in [0, 0.05) is 48.2 Å². The van der Waals surface area contributed by atoms with Crippen molar-refractivity contribution in [2.24, 2.45) is 45.8 Å². The molecule has 11 aliphatic rings. The maximum Gasteiger partial charge on any atom is 0.340 e. The number of hydrogen-bond acceptors (Lipinski definition) is 11. The van der Waals surface area contributed by atoms with Crippen LogP contribution in [-0.4, -0.2) is 67.6 Å². The molecule has 0 amide bonds. The van der Waals surface area contributed by atoms with Gasteiger partial charge >= 0.3 is 11.9 Å². The molecule has 2 saturated heterocycles. The number of carbonyl (C=O) groups is 2. The Bertz CT molecular complexity index is 3290. The number of aliphatic hydroxyl groups excluding tert-OH is 1. The van der Waals surface area contributed by atoms with E-state index in [1.807, 2.05) is 19.1 Å². The molecule has 11 nitrogen and oxygen atoms in total. The second-order valence-electron chi connectivity index (χ2n) is 26.0. The highest BCUT2D eigenvalue weighted by Gasteiger charge is 2.73. The van der Waals surface area contributed by atoms with E-state index in [1.165, 1.54) is 22.3 Å². The molecule has 430 valence electrons. The highest BCUT2D eigenvalue weighted by atomic mass is 16.6. The number of nitrogens with one attached hydrogen (secondary N) is 5. The van der Waals surface area contributed by atoms with E-state index in [1.54, 1.807) is 6.07 Å². The summed E-state index contributed by atoms with van der Waals surface area (Å²) >= 11 is 0. The molecule has 0 unspecified atom stereocenters. The largest absolute Gasteiger partial charge is 0.508 e. The molecule has 15 rings (SSSR count). The van der Waals surface area contributed by atoms with Crippen LogP contribution in [0.1, 0.15) is 143 Å². The molecule has 7 N–H and O–H groups in total. The van der Waals surface area contributed by atoms with Gasteiger partial charge in [-0.3, -0.25) is 0 Å². The van der Waals surface area contributed by atoms with Gasteiger partial charge in [0.2, 0.25) is 0 Å². The van der Waals surface area contributed by atoms with Crippen molar-refractivity contribution in [3.63, 3.8) is 0 Å². The summed E-state index contributed by atoms with van der Waals surface area (Å²) in [4.78, 5) is 31.2. The first-order chi connectivity index (χ1) is 39.9. The van der Waals surface area contributed by atoms with Gasteiger partial charge in [-0.1, -0.05) is 98.8 Å². The summed E-state index contributed by atoms with van der Waals surface area (Å²) in [6.07, 6.45) is 21.5. The first kappa shape index (κ1) is 55.3. The van der Waals surface area contributed by atoms with Crippen LogP contribution in [0.5, 0.6) is 5.75 Å². The van der Waals surface area contributed by atoms with Crippen molar-refractivity contribution in [1.82, 2.24) is 26.6 Å². The van der Waals surface area contributed by atoms with E-state index in [4.69, 9.17) is 9.47 Å². The molecule has 5 aliphatic heterocycles. The minimum Gasteiger partial charge on any atom is -0.508 e. The fraction of sp³-hybridized carbons (Fsp3) is 0.493. The van der Waals surface area contributed by atoms with E-state index in [2.05, 4.69) is 145 Å². The SMILES string of the molecule is CCCNCc1cc2cc(c1)[C@H](NC[C@H](C)O)[C@@H]1CC[C@@]([C@@H]3CCN[C@H](NC)C3)(C/C=C3\OC(=O)C4=C3CC[C@]35/C=C/[C@H](NCC2)c2cccc(c2)-c2ccc(O)cc2C2=C6C(=O)O/C(=C\[C@H](CC)Cc7ccccc7)[C@]6(CC[C@@H]23)[C@@H]45)C1. The van der Waals surface area contributed by atoms with Crippen LogP contribution in [0.15, 0.2) is 144 Å². The molecule has 0 radical (unpaired) electrons. The smallest absolute Gasteiger partial charge is 0.340 e. The number of benzene rings is 4. The normalized spacial score (nSPS) is 33.1. The topological polar surface area (TPSA) is 153 Å². The molecule has 5 heterocycles. The molecule has 12 atom stereocenters. The molecular formula is C71H85N5O6. The van der Waals surface area contributed by atoms with Crippen LogP contribution in [-0.2, 0) is 38.4 Å². The number of aromatic hydroxyl groups is 1. The minimum atomic E-state index is -0.986. The Morgan fingerprint density at radius 2 is 1.72 bits per heavy atom. The zero-order valence-electron chi connectivity index (χ0n) is 48.6. The molecule has 82 heavy (non-hydrogen) atoms. The predicted molar refractivity (Wildman–Crippen MR) is 322 cm³/mol. The predicted octanol–water partition coefficient (Wildman–Crippen LogP) is 11.8. The maximum atomic E-state index is 15.7. The molecule has 11 heteroatoms. The van der Waals surface area contributed by atoms with Gasteiger partial charge in [0.05, 0.1) is 29.3 Å². The second kappa shape index (κ2) is 22.6. The van der Waals surface area contributed by atoms with Crippen LogP contribution in [0, 0.1) is 45.8 Å². The Kier molecular flexibility index (Phi) is 15.2. The van der Waals surface area contributed by atoms with Crippen molar-refractivity contribution >= 4 is 17.5 Å². The number of phenolic OH excluding ortho intramolecular Hbond substituents is 1. The third kappa shape index (κ3) is 9.69. The van der Waals surface area contributed by atoms with Crippen LogP contribution in [0.3, 0.4) is 0 Å². The van der Waals surface area contributed by atoms with E-state index < -0.39 is 22.9 Å². The number of carbonyl (C=O) groups excluding carboxylic acids is 2. The van der Waals surface area contributed by atoms with Gasteiger partial charge in [-0.2, -0.15) is 0 Å². The van der Waals surface area contributed by atoms with Gasteiger partial charge < -0.3 is 46.3 Å². The van der Waals surface area contributed by atoms with Crippen LogP contribution in [0.25, 0.3) is 16.7 Å². The summed E-state index contributed by atoms with van der Waals surface area (Å²) in [6, 6.07) is 32.2. The van der Waals surface area contributed by atoms with Crippen molar-refractivity contribution in [1.29, 1.82) is 0 Å². The number of rotatable bonds is 13. The summed E-state index contributed by atoms with van der Waals surface area (Å²) in [5.41, 5.74) is 10.6. The molecule has 4 fully saturated rings. The van der Waals surface area contributed by atoms with Gasteiger partial charge in [0.15, 0.2) is 0 Å². The lowest BCUT2D eigenvalue weighted by molar-refractivity contribution is -0.135. The molecule has 6 aliphatic carbocycles. The minimum absolute atomic E-state index is 0.0314. The Hall–Kier alpha value is -5.92. The zero-order chi connectivity index (χ0) is 56.3. The van der Waals surface area contributed by atoms with Gasteiger partial charge in [-0.15, -0.1) is 0 Å². The summed E-state index contributed by atoms with van der Waals surface area (Å²) in [6.45, 7) is 10.2. The van der Waals surface area contributed by atoms with Crippen molar-refractivity contribution in [2.75, 3.05) is 33.2 Å². The highest BCUT2D eigenvalue weighted by molar-refractivity contribution is 6.08. The standard InChI is InChI=1S/C71H85N5O6/c1-5-29-73-42-47-33-46-22-30-74-58-20-27-70-26-18-55-59(21-25-69(52-23-31-75-61(38-52)72-4)24-17-50(40-69)65(51(34-46)35-47)76-41-43(3)77)81-67(79)63(55)66(70)71-28-19-57(70)62(56-39-53(78)15-16-54(56)48-13-10-14-49(58)37-48)64(71)68(80)82-60(71)36-44(6-2)32-45-11-8-7-9-12-45/h7-16,20-21,27,33-37,39,43-44,50,52,57-58,61,65-66,72-78H,5-6,17-19,22-26,28-32,38,40-42H2,1-4H3/b27-20+,59-21-,60-36-/t43-,44+,50+,52+,57-,58-,61-,65+,66-,69+,70-,71-/m0/s1. The molecular weight excluding hydrogens is 1020 g/mol. The first-order valence-electron chi connectivity index (χ1n) is 31.3. The van der Waals surface area contributed by atoms with E-state index in [0.29, 0.717) is 54.9 Å². The number of phenols is 1. The van der Waals surface area contributed by atoms with E-state index in [-0.39, 0.29) is 53.2 Å². The Morgan fingerprint density at radius 3 is 2.55 bits per heavy atom. The average Bonchev–Trinajstić information content (AvgIpc) is 1.66. The number of allylic oxidation sites excluding steroid dienone is 6. The fourth-order valence-electron chi connectivity index (χ4n) is 17.6. The van der Waals surface area contributed by atoms with Gasteiger partial charge in [-0.25, -0.2) is 9.59 Å². The maximum absolute atomic E-state index is 15.7. The number of hydrogen-bond donors (Lipinski definition) is 7. The summed E-state index contributed by atoms with van der Waals surface area (Å²) in [5.74, 6) is 1.05. The third-order valence-electron chi connectivity index (χ3n) is 21.3. The molecule has 0 aromatic heterocycles. The van der Waals surface area contributed by atoms with Crippen molar-refractivity contribution in [3.8, 4) is 16.9 Å². The molecule has 4 aromatic rings. The lowest BCUT2D eigenvalue weighted by Crippen LogP contribution is -2.58. The van der Waals surface area contributed by atoms with Crippen molar-refractivity contribution < 1.29 is 29.3 Å². The Balaban J connectivity index is 1.04. The molecule has 4 aromatic carbocycles. The van der Waals surface area contributed by atoms with Gasteiger partial charge in [-0.05, 0) is 226 Å². The third-order valence-corrected chi connectivity index (χ3v) is 21.3. The second-order valence-corrected chi connectivity index (χ2v) is 26.0. The van der Waals surface area contributed by atoms with Crippen molar-refractivity contribution in [3.05, 3.63) is 177 Å². The number of esters is 2. The number of ether oxygens (including phenoxy) is 2. The lowest BCUT2D eigenvalue weighted by Gasteiger charge is -2.62. The van der Waals surface area contributed by atoms with Crippen LogP contribution >= 0.6 is 0 Å². The first-order valence-corrected chi connectivity index (χ1v) is 31.3. The fourth-order valence-corrected chi connectivity index (χ4v) is 17.6. The van der Waals surface area contributed by atoms with Crippen LogP contribution in [0.2, 0.25) is 0 Å². The Morgan fingerprint density at radius 1 is 0.841 bits per heavy atom. The Labute approximate surface area is 485 Å². The van der Waals surface area contributed by atoms with Crippen LogP contribution in [0.4, 0.5) is 0 Å². The summed E-state index contributed by atoms with van der Waals surface area (Å²) in [5, 5.41) is 41.6. The average molecular weight is 1100 g/mol. The molecule has 2 spiro atoms. The quantitative estimate of drug-likeness (QED) is 0.0389. The van der Waals surface area contributed by atoms with Crippen molar-refractivity contribution in [2.45, 2.75) is 142 Å². The van der Waals surface area contributed by atoms with E-state index >= 15 is 9.59 Å². The number of fused-ring (bicyclic) bond motifs is 9. The van der Waals surface area contributed by atoms with E-state index in [0.717, 1.165) is 136 Å². The monoisotopic (exact) mass is 1100 g/mol. The van der Waals surface area contributed by atoms with E-state index in [9.17, 15) is 10.2 Å².